The molecule has 3 aromatic rings. The highest BCUT2D eigenvalue weighted by atomic mass is 19.1. The van der Waals surface area contributed by atoms with Crippen LogP contribution < -0.4 is 15.4 Å². The Kier molecular flexibility index (Phi) is 5.19. The Morgan fingerprint density at radius 3 is 2.81 bits per heavy atom. The zero-order chi connectivity index (χ0) is 21.5. The molecule has 164 valence electrons. The molecule has 8 nitrogen and oxygen atoms in total. The van der Waals surface area contributed by atoms with Crippen molar-refractivity contribution < 1.29 is 18.6 Å². The van der Waals surface area contributed by atoms with E-state index in [0.717, 1.165) is 25.5 Å². The van der Waals surface area contributed by atoms with Crippen LogP contribution in [0.5, 0.6) is 5.75 Å². The second-order valence-electron chi connectivity index (χ2n) is 8.17. The summed E-state index contributed by atoms with van der Waals surface area (Å²) >= 11 is 0. The molecule has 0 bridgehead atoms. The van der Waals surface area contributed by atoms with Gasteiger partial charge in [-0.1, -0.05) is 0 Å². The predicted molar refractivity (Wildman–Crippen MR) is 110 cm³/mol. The van der Waals surface area contributed by atoms with Gasteiger partial charge in [0.15, 0.2) is 23.1 Å². The number of fused-ring (bicyclic) bond motifs is 1. The Labute approximate surface area is 177 Å². The molecule has 1 atom stereocenters. The van der Waals surface area contributed by atoms with Gasteiger partial charge in [-0.3, -0.25) is 0 Å². The van der Waals surface area contributed by atoms with Crippen LogP contribution in [-0.4, -0.2) is 57.0 Å². The van der Waals surface area contributed by atoms with Crippen LogP contribution in [-0.2, 0) is 0 Å². The minimum Gasteiger partial charge on any atom is -0.495 e. The van der Waals surface area contributed by atoms with Crippen molar-refractivity contribution in [3.05, 3.63) is 35.7 Å². The number of aliphatic hydroxyl groups is 1. The van der Waals surface area contributed by atoms with E-state index in [1.54, 1.807) is 13.2 Å². The predicted octanol–water partition coefficient (Wildman–Crippen LogP) is 2.48. The van der Waals surface area contributed by atoms with E-state index in [2.05, 4.69) is 25.7 Å². The zero-order valence-electron chi connectivity index (χ0n) is 17.1. The molecule has 1 saturated heterocycles. The molecule has 0 unspecified atom stereocenters. The Morgan fingerprint density at radius 1 is 1.26 bits per heavy atom. The van der Waals surface area contributed by atoms with Gasteiger partial charge < -0.3 is 20.5 Å². The molecule has 0 aromatic carbocycles. The van der Waals surface area contributed by atoms with Gasteiger partial charge in [-0.05, 0) is 32.2 Å². The normalized spacial score (nSPS) is 23.5. The first-order valence-electron chi connectivity index (χ1n) is 10.5. The van der Waals surface area contributed by atoms with Crippen LogP contribution in [0.4, 0.5) is 14.6 Å². The fourth-order valence-electron chi connectivity index (χ4n) is 4.25. The fourth-order valence-corrected chi connectivity index (χ4v) is 4.25. The maximum atomic E-state index is 14.8. The van der Waals surface area contributed by atoms with Crippen molar-refractivity contribution in [2.75, 3.05) is 25.5 Å². The van der Waals surface area contributed by atoms with Crippen LogP contribution >= 0.6 is 0 Å². The standard InChI is InChI=1S/C21H24F2N6O2/c1-31-17-8-18-25-10-16(29(18)28-19(17)11-5-13(30)6-11)20-14(22)7-15(23)21(27-20)26-12-3-2-4-24-9-12/h7-8,10-13,24,30H,2-6,9H2,1H3,(H,26,27)/t11?,12-,13?/m0/s1. The number of nitrogens with one attached hydrogen (secondary N) is 2. The summed E-state index contributed by atoms with van der Waals surface area (Å²) in [5.41, 5.74) is 1.43. The Morgan fingerprint density at radius 2 is 2.10 bits per heavy atom. The first-order valence-corrected chi connectivity index (χ1v) is 10.5. The second-order valence-corrected chi connectivity index (χ2v) is 8.17. The first-order chi connectivity index (χ1) is 15.0. The van der Waals surface area contributed by atoms with Gasteiger partial charge in [0.1, 0.15) is 22.8 Å². The summed E-state index contributed by atoms with van der Waals surface area (Å²) in [5, 5.41) is 20.7. The van der Waals surface area contributed by atoms with Gasteiger partial charge >= 0.3 is 0 Å². The molecule has 4 heterocycles. The number of rotatable bonds is 5. The number of aliphatic hydroxyl groups excluding tert-OH is 1. The lowest BCUT2D eigenvalue weighted by molar-refractivity contribution is 0.0718. The van der Waals surface area contributed by atoms with Crippen LogP contribution in [0, 0.1) is 11.6 Å². The van der Waals surface area contributed by atoms with Crippen molar-refractivity contribution in [1.82, 2.24) is 24.9 Å². The summed E-state index contributed by atoms with van der Waals surface area (Å²) in [5.74, 6) is -0.895. The Hall–Kier alpha value is -2.85. The molecule has 0 spiro atoms. The molecule has 0 radical (unpaired) electrons. The molecule has 2 fully saturated rings. The van der Waals surface area contributed by atoms with E-state index in [0.29, 0.717) is 42.2 Å². The topological polar surface area (TPSA) is 96.6 Å². The number of hydrogen-bond acceptors (Lipinski definition) is 7. The molecular weight excluding hydrogens is 406 g/mol. The summed E-state index contributed by atoms with van der Waals surface area (Å²) in [6.45, 7) is 1.63. The Balaban J connectivity index is 1.55. The lowest BCUT2D eigenvalue weighted by atomic mass is 9.80. The molecular formula is C21H24F2N6O2. The lowest BCUT2D eigenvalue weighted by Gasteiger charge is -2.31. The molecule has 1 saturated carbocycles. The van der Waals surface area contributed by atoms with Crippen LogP contribution in [0.3, 0.4) is 0 Å². The number of imidazole rings is 1. The van der Waals surface area contributed by atoms with Crippen molar-refractivity contribution in [3.8, 4) is 17.1 Å². The Bertz CT molecular complexity index is 1110. The van der Waals surface area contributed by atoms with E-state index < -0.39 is 11.6 Å². The van der Waals surface area contributed by atoms with Gasteiger partial charge in [0.2, 0.25) is 0 Å². The van der Waals surface area contributed by atoms with Crippen molar-refractivity contribution in [1.29, 1.82) is 0 Å². The molecule has 0 amide bonds. The van der Waals surface area contributed by atoms with E-state index >= 15 is 0 Å². The van der Waals surface area contributed by atoms with Crippen molar-refractivity contribution in [2.24, 2.45) is 0 Å². The van der Waals surface area contributed by atoms with Gasteiger partial charge in [-0.15, -0.1) is 0 Å². The average Bonchev–Trinajstić information content (AvgIpc) is 3.16. The van der Waals surface area contributed by atoms with Gasteiger partial charge in [0, 0.05) is 30.6 Å². The average molecular weight is 430 g/mol. The maximum absolute atomic E-state index is 14.8. The van der Waals surface area contributed by atoms with Crippen LogP contribution in [0.15, 0.2) is 18.3 Å². The van der Waals surface area contributed by atoms with E-state index in [1.807, 2.05) is 0 Å². The molecule has 1 aliphatic carbocycles. The number of anilines is 1. The summed E-state index contributed by atoms with van der Waals surface area (Å²) in [7, 11) is 1.55. The summed E-state index contributed by atoms with van der Waals surface area (Å²) in [6, 6.07) is 2.59. The first kappa shape index (κ1) is 20.1. The van der Waals surface area contributed by atoms with Gasteiger partial charge in [0.05, 0.1) is 19.4 Å². The lowest BCUT2D eigenvalue weighted by Crippen LogP contribution is -2.38. The van der Waals surface area contributed by atoms with Crippen molar-refractivity contribution in [2.45, 2.75) is 43.7 Å². The number of aromatic nitrogens is 4. The molecule has 2 aliphatic rings. The van der Waals surface area contributed by atoms with E-state index in [9.17, 15) is 13.9 Å². The maximum Gasteiger partial charge on any atom is 0.168 e. The number of piperidine rings is 1. The van der Waals surface area contributed by atoms with Gasteiger partial charge in [0.25, 0.3) is 0 Å². The largest absolute Gasteiger partial charge is 0.495 e. The highest BCUT2D eigenvalue weighted by Crippen LogP contribution is 2.40. The van der Waals surface area contributed by atoms with Crippen molar-refractivity contribution in [3.63, 3.8) is 0 Å². The molecule has 5 rings (SSSR count). The number of pyridine rings is 1. The summed E-state index contributed by atoms with van der Waals surface area (Å²) in [6.07, 6.45) is 4.15. The van der Waals surface area contributed by atoms with Crippen LogP contribution in [0.1, 0.15) is 37.3 Å². The van der Waals surface area contributed by atoms with Gasteiger partial charge in [-0.25, -0.2) is 23.3 Å². The quantitative estimate of drug-likeness (QED) is 0.572. The monoisotopic (exact) mass is 430 g/mol. The molecule has 31 heavy (non-hydrogen) atoms. The number of methoxy groups -OCH3 is 1. The molecule has 3 aromatic heterocycles. The number of halogens is 2. The minimum absolute atomic E-state index is 0.0101. The number of hydrogen-bond donors (Lipinski definition) is 3. The van der Waals surface area contributed by atoms with Crippen molar-refractivity contribution >= 4 is 11.5 Å². The zero-order valence-corrected chi connectivity index (χ0v) is 17.1. The SMILES string of the molecule is COc1cc2ncc(-c3nc(N[C@H]4CCCNC4)c(F)cc3F)n2nc1C1CC(O)C1. The smallest absolute Gasteiger partial charge is 0.168 e. The minimum atomic E-state index is -0.787. The summed E-state index contributed by atoms with van der Waals surface area (Å²) in [4.78, 5) is 8.57. The summed E-state index contributed by atoms with van der Waals surface area (Å²) < 4.78 is 36.1. The number of nitrogens with zero attached hydrogens (tertiary/aromatic N) is 4. The third-order valence-electron chi connectivity index (χ3n) is 6.01. The molecule has 1 aliphatic heterocycles. The molecule has 3 N–H and O–H groups in total. The molecule has 10 heteroatoms. The van der Waals surface area contributed by atoms with E-state index in [-0.39, 0.29) is 29.6 Å². The van der Waals surface area contributed by atoms with Crippen LogP contribution in [0.25, 0.3) is 17.0 Å². The highest BCUT2D eigenvalue weighted by Gasteiger charge is 2.33. The third-order valence-corrected chi connectivity index (χ3v) is 6.01. The van der Waals surface area contributed by atoms with E-state index in [4.69, 9.17) is 4.74 Å². The fraction of sp³-hybridized carbons (Fsp3) is 0.476. The second kappa shape index (κ2) is 8.01. The number of ether oxygens (including phenoxy) is 1. The van der Waals surface area contributed by atoms with E-state index in [1.165, 1.54) is 10.7 Å². The highest BCUT2D eigenvalue weighted by molar-refractivity contribution is 5.63. The third kappa shape index (κ3) is 3.70. The van der Waals surface area contributed by atoms with Gasteiger partial charge in [-0.2, -0.15) is 5.10 Å². The van der Waals surface area contributed by atoms with Crippen LogP contribution in [0.2, 0.25) is 0 Å².